The Kier molecular flexibility index (Phi) is 7.79. The zero-order valence-electron chi connectivity index (χ0n) is 20.7. The summed E-state index contributed by atoms with van der Waals surface area (Å²) in [7, 11) is 0. The lowest BCUT2D eigenvalue weighted by atomic mass is 9.80. The predicted octanol–water partition coefficient (Wildman–Crippen LogP) is 6.31. The molecule has 0 unspecified atom stereocenters. The van der Waals surface area contributed by atoms with E-state index in [4.69, 9.17) is 9.57 Å². The molecule has 0 aliphatic heterocycles. The number of hydrogen-bond acceptors (Lipinski definition) is 7. The number of rotatable bonds is 8. The molecule has 0 fully saturated rings. The van der Waals surface area contributed by atoms with Crippen LogP contribution in [0.1, 0.15) is 43.2 Å². The minimum atomic E-state index is -1.15. The van der Waals surface area contributed by atoms with Crippen LogP contribution in [0.4, 0.5) is 9.93 Å². The number of thiazole rings is 1. The molecule has 4 aromatic rings. The van der Waals surface area contributed by atoms with E-state index in [9.17, 15) is 9.59 Å². The van der Waals surface area contributed by atoms with Crippen LogP contribution < -0.4 is 5.32 Å². The van der Waals surface area contributed by atoms with Gasteiger partial charge in [-0.05, 0) is 20.8 Å². The molecule has 3 aromatic carbocycles. The van der Waals surface area contributed by atoms with Gasteiger partial charge in [-0.1, -0.05) is 96.2 Å². The summed E-state index contributed by atoms with van der Waals surface area (Å²) in [5.41, 5.74) is 0.747. The molecule has 0 bridgehead atoms. The molecule has 37 heavy (non-hydrogen) atoms. The van der Waals surface area contributed by atoms with E-state index in [1.54, 1.807) is 26.2 Å². The fourth-order valence-electron chi connectivity index (χ4n) is 3.74. The molecular weight excluding hydrogens is 486 g/mol. The number of carbonyl (C=O) groups excluding carboxylic acids is 2. The van der Waals surface area contributed by atoms with Gasteiger partial charge in [0.25, 0.3) is 6.29 Å². The van der Waals surface area contributed by atoms with Gasteiger partial charge in [0.05, 0.1) is 0 Å². The molecule has 0 aliphatic rings. The van der Waals surface area contributed by atoms with Gasteiger partial charge < -0.3 is 9.57 Å². The third kappa shape index (κ3) is 6.10. The maximum Gasteiger partial charge on any atom is 0.413 e. The van der Waals surface area contributed by atoms with Gasteiger partial charge >= 0.3 is 6.09 Å². The Labute approximate surface area is 219 Å². The summed E-state index contributed by atoms with van der Waals surface area (Å²) in [5, 5.41) is 8.68. The minimum Gasteiger partial charge on any atom is -0.444 e. The van der Waals surface area contributed by atoms with Crippen molar-refractivity contribution < 1.29 is 19.2 Å². The molecule has 1 aromatic heterocycles. The molecule has 1 N–H and O–H groups in total. The molecule has 187 valence electrons. The quantitative estimate of drug-likeness (QED) is 0.170. The number of nitrogens with one attached hydrogen (secondary N) is 1. The number of ether oxygens (including phenoxy) is 1. The standard InChI is InChI=1S/C29H26N3O4S/c1-28(2,3)35-27(34)31-26-30-25(20-37-26)24(19-33)32-36-29(21-13-7-4-8-14-21,22-15-9-5-10-16-22)23-17-11-6-12-18-23/h4-18,20H,1-3H3,(H,30,31,34)/b32-24+. The number of nitrogens with zero attached hydrogens (tertiary/aromatic N) is 2. The second kappa shape index (κ2) is 11.2. The molecule has 1 amide bonds. The summed E-state index contributed by atoms with van der Waals surface area (Å²) >= 11 is 1.13. The van der Waals surface area contributed by atoms with Gasteiger partial charge in [0.2, 0.25) is 5.60 Å². The van der Waals surface area contributed by atoms with Crippen molar-refractivity contribution in [2.24, 2.45) is 5.16 Å². The Hall–Kier alpha value is -4.30. The van der Waals surface area contributed by atoms with Gasteiger partial charge in [-0.15, -0.1) is 11.3 Å². The lowest BCUT2D eigenvalue weighted by Crippen LogP contribution is -2.31. The number of hydrogen-bond donors (Lipinski definition) is 1. The second-order valence-electron chi connectivity index (χ2n) is 9.08. The van der Waals surface area contributed by atoms with E-state index in [1.807, 2.05) is 97.3 Å². The van der Waals surface area contributed by atoms with Crippen molar-refractivity contribution in [3.8, 4) is 0 Å². The predicted molar refractivity (Wildman–Crippen MR) is 144 cm³/mol. The summed E-state index contributed by atoms with van der Waals surface area (Å²) in [5.74, 6) is 0. The Morgan fingerprint density at radius 1 is 0.865 bits per heavy atom. The van der Waals surface area contributed by atoms with E-state index < -0.39 is 17.3 Å². The third-order valence-electron chi connectivity index (χ3n) is 5.27. The molecule has 0 spiro atoms. The minimum absolute atomic E-state index is 0.138. The Balaban J connectivity index is 1.74. The highest BCUT2D eigenvalue weighted by Gasteiger charge is 2.39. The third-order valence-corrected chi connectivity index (χ3v) is 6.02. The first kappa shape index (κ1) is 25.8. The number of carbonyl (C=O) groups is 1. The largest absolute Gasteiger partial charge is 0.444 e. The average molecular weight is 513 g/mol. The number of benzene rings is 3. The van der Waals surface area contributed by atoms with Crippen LogP contribution in [0.25, 0.3) is 0 Å². The molecule has 0 saturated heterocycles. The highest BCUT2D eigenvalue weighted by atomic mass is 32.1. The smallest absolute Gasteiger partial charge is 0.413 e. The van der Waals surface area contributed by atoms with Crippen molar-refractivity contribution in [1.29, 1.82) is 0 Å². The number of anilines is 1. The average Bonchev–Trinajstić information content (AvgIpc) is 3.35. The van der Waals surface area contributed by atoms with Crippen LogP contribution in [0.2, 0.25) is 0 Å². The van der Waals surface area contributed by atoms with Gasteiger partial charge in [-0.2, -0.15) is 0 Å². The molecule has 0 atom stereocenters. The molecule has 1 heterocycles. The zero-order valence-corrected chi connectivity index (χ0v) is 21.5. The monoisotopic (exact) mass is 512 g/mol. The van der Waals surface area contributed by atoms with Crippen LogP contribution in [0.15, 0.2) is 102 Å². The molecule has 0 aliphatic carbocycles. The fraction of sp³-hybridized carbons (Fsp3) is 0.172. The lowest BCUT2D eigenvalue weighted by molar-refractivity contribution is 0.0177. The van der Waals surface area contributed by atoms with Crippen molar-refractivity contribution in [3.63, 3.8) is 0 Å². The van der Waals surface area contributed by atoms with Gasteiger partial charge in [0.1, 0.15) is 11.3 Å². The first-order valence-corrected chi connectivity index (χ1v) is 12.5. The van der Waals surface area contributed by atoms with Gasteiger partial charge in [-0.3, -0.25) is 10.1 Å². The summed E-state index contributed by atoms with van der Waals surface area (Å²) < 4.78 is 5.26. The zero-order chi connectivity index (χ0) is 26.3. The van der Waals surface area contributed by atoms with Crippen LogP contribution in [-0.2, 0) is 20.0 Å². The highest BCUT2D eigenvalue weighted by molar-refractivity contribution is 7.14. The normalized spacial score (nSPS) is 12.0. The van der Waals surface area contributed by atoms with E-state index in [0.29, 0.717) is 0 Å². The second-order valence-corrected chi connectivity index (χ2v) is 9.94. The maximum atomic E-state index is 12.1. The van der Waals surface area contributed by atoms with Gasteiger partial charge in [0, 0.05) is 22.1 Å². The molecular formula is C29H26N3O4S. The molecule has 1 radical (unpaired) electrons. The van der Waals surface area contributed by atoms with Crippen molar-refractivity contribution in [2.45, 2.75) is 32.0 Å². The topological polar surface area (TPSA) is 89.9 Å². The number of oxime groups is 1. The SMILES string of the molecule is CC(C)(C)OC(=O)Nc1nc(/C([C]=O)=N/OC(c2ccccc2)(c2ccccc2)c2ccccc2)cs1. The van der Waals surface area contributed by atoms with Crippen LogP contribution in [0.3, 0.4) is 0 Å². The Morgan fingerprint density at radius 3 is 1.78 bits per heavy atom. The molecule has 4 rings (SSSR count). The van der Waals surface area contributed by atoms with E-state index in [2.05, 4.69) is 15.5 Å². The molecule has 8 heteroatoms. The van der Waals surface area contributed by atoms with Gasteiger partial charge in [-0.25, -0.2) is 9.78 Å². The summed E-state index contributed by atoms with van der Waals surface area (Å²) in [6, 6.07) is 29.0. The van der Waals surface area contributed by atoms with Crippen molar-refractivity contribution in [3.05, 3.63) is 119 Å². The van der Waals surface area contributed by atoms with Crippen LogP contribution in [0.5, 0.6) is 0 Å². The van der Waals surface area contributed by atoms with Crippen LogP contribution >= 0.6 is 11.3 Å². The van der Waals surface area contributed by atoms with Crippen LogP contribution in [0, 0.1) is 0 Å². The van der Waals surface area contributed by atoms with Crippen LogP contribution in [-0.4, -0.2) is 28.7 Å². The van der Waals surface area contributed by atoms with E-state index in [0.717, 1.165) is 28.0 Å². The summed E-state index contributed by atoms with van der Waals surface area (Å²) in [4.78, 5) is 34.7. The fourth-order valence-corrected chi connectivity index (χ4v) is 4.42. The first-order valence-electron chi connectivity index (χ1n) is 11.6. The highest BCUT2D eigenvalue weighted by Crippen LogP contribution is 2.40. The van der Waals surface area contributed by atoms with Crippen molar-refractivity contribution in [2.75, 3.05) is 5.32 Å². The number of aromatic nitrogens is 1. The van der Waals surface area contributed by atoms with E-state index in [1.165, 1.54) is 0 Å². The van der Waals surface area contributed by atoms with Gasteiger partial charge in [0.15, 0.2) is 10.8 Å². The first-order chi connectivity index (χ1) is 17.8. The van der Waals surface area contributed by atoms with E-state index in [-0.39, 0.29) is 16.5 Å². The van der Waals surface area contributed by atoms with Crippen molar-refractivity contribution >= 4 is 34.6 Å². The maximum absolute atomic E-state index is 12.1. The molecule has 0 saturated carbocycles. The lowest BCUT2D eigenvalue weighted by Gasteiger charge is -2.33. The summed E-state index contributed by atoms with van der Waals surface area (Å²) in [6.07, 6.45) is 1.18. The van der Waals surface area contributed by atoms with Crippen molar-refractivity contribution in [1.82, 2.24) is 4.98 Å². The molecule has 7 nitrogen and oxygen atoms in total. The Bertz CT molecular complexity index is 1270. The van der Waals surface area contributed by atoms with E-state index >= 15 is 0 Å². The Morgan fingerprint density at radius 2 is 1.35 bits per heavy atom. The summed E-state index contributed by atoms with van der Waals surface area (Å²) in [6.45, 7) is 5.30. The number of amides is 1.